The number of hydrogen-bond acceptors (Lipinski definition) is 5. The van der Waals surface area contributed by atoms with Crippen LogP contribution in [-0.4, -0.2) is 37.7 Å². The third-order valence-electron chi connectivity index (χ3n) is 3.66. The van der Waals surface area contributed by atoms with Crippen LogP contribution in [0.3, 0.4) is 0 Å². The molecule has 2 heterocycles. The summed E-state index contributed by atoms with van der Waals surface area (Å²) in [6, 6.07) is 7.72. The Labute approximate surface area is 158 Å². The molecule has 0 atom stereocenters. The number of aryl methyl sites for hydroxylation is 1. The van der Waals surface area contributed by atoms with E-state index >= 15 is 0 Å². The number of carboxylic acids is 1. The molecule has 1 aliphatic heterocycles. The third kappa shape index (κ3) is 3.84. The SMILES string of the molecule is Cc1ccc2nc(Cl)c(C=C3SC(=S)N(CCC(=O)O)C3=O)cc2c1. The zero-order valence-electron chi connectivity index (χ0n) is 13.2. The molecule has 1 amide bonds. The molecule has 1 N–H and O–H groups in total. The smallest absolute Gasteiger partial charge is 0.305 e. The molecule has 1 aliphatic rings. The maximum atomic E-state index is 12.5. The quantitative estimate of drug-likeness (QED) is 0.484. The summed E-state index contributed by atoms with van der Waals surface area (Å²) >= 11 is 12.6. The Bertz CT molecular complexity index is 943. The number of pyridine rings is 1. The van der Waals surface area contributed by atoms with E-state index in [0.717, 1.165) is 28.2 Å². The van der Waals surface area contributed by atoms with Crippen molar-refractivity contribution >= 4 is 68.8 Å². The summed E-state index contributed by atoms with van der Waals surface area (Å²) in [7, 11) is 0. The van der Waals surface area contributed by atoms with Gasteiger partial charge < -0.3 is 5.11 Å². The van der Waals surface area contributed by atoms with Gasteiger partial charge in [0.05, 0.1) is 16.8 Å². The Morgan fingerprint density at radius 1 is 1.44 bits per heavy atom. The van der Waals surface area contributed by atoms with Crippen LogP contribution in [0.15, 0.2) is 29.2 Å². The lowest BCUT2D eigenvalue weighted by atomic mass is 10.1. The van der Waals surface area contributed by atoms with Crippen molar-refractivity contribution in [3.8, 4) is 0 Å². The third-order valence-corrected chi connectivity index (χ3v) is 5.34. The van der Waals surface area contributed by atoms with Crippen molar-refractivity contribution in [3.63, 3.8) is 0 Å². The number of rotatable bonds is 4. The highest BCUT2D eigenvalue weighted by Gasteiger charge is 2.32. The van der Waals surface area contributed by atoms with E-state index in [0.29, 0.717) is 19.9 Å². The van der Waals surface area contributed by atoms with Gasteiger partial charge in [-0.2, -0.15) is 0 Å². The maximum absolute atomic E-state index is 12.5. The normalized spacial score (nSPS) is 16.2. The van der Waals surface area contributed by atoms with Crippen molar-refractivity contribution in [2.24, 2.45) is 0 Å². The van der Waals surface area contributed by atoms with Crippen molar-refractivity contribution in [1.29, 1.82) is 0 Å². The summed E-state index contributed by atoms with van der Waals surface area (Å²) in [5, 5.41) is 10.0. The van der Waals surface area contributed by atoms with E-state index in [1.165, 1.54) is 4.90 Å². The lowest BCUT2D eigenvalue weighted by molar-refractivity contribution is -0.137. The van der Waals surface area contributed by atoms with Crippen molar-refractivity contribution in [1.82, 2.24) is 9.88 Å². The van der Waals surface area contributed by atoms with Crippen LogP contribution in [0.5, 0.6) is 0 Å². The number of carbonyl (C=O) groups excluding carboxylic acids is 1. The van der Waals surface area contributed by atoms with E-state index in [1.54, 1.807) is 6.08 Å². The molecule has 2 aromatic rings. The van der Waals surface area contributed by atoms with Crippen LogP contribution in [0.2, 0.25) is 5.15 Å². The molecule has 1 aromatic heterocycles. The molecular formula is C17H13ClN2O3S2. The molecule has 3 rings (SSSR count). The van der Waals surface area contributed by atoms with Gasteiger partial charge in [-0.05, 0) is 31.2 Å². The van der Waals surface area contributed by atoms with E-state index < -0.39 is 5.97 Å². The van der Waals surface area contributed by atoms with Gasteiger partial charge in [-0.3, -0.25) is 14.5 Å². The number of carbonyl (C=O) groups is 2. The van der Waals surface area contributed by atoms with E-state index in [9.17, 15) is 9.59 Å². The van der Waals surface area contributed by atoms with Gasteiger partial charge >= 0.3 is 5.97 Å². The number of thioether (sulfide) groups is 1. The summed E-state index contributed by atoms with van der Waals surface area (Å²) in [4.78, 5) is 29.2. The Balaban J connectivity index is 1.93. The molecule has 0 bridgehead atoms. The zero-order valence-corrected chi connectivity index (χ0v) is 15.5. The van der Waals surface area contributed by atoms with Crippen molar-refractivity contribution in [2.45, 2.75) is 13.3 Å². The number of aliphatic carboxylic acids is 1. The fraction of sp³-hybridized carbons (Fsp3) is 0.176. The van der Waals surface area contributed by atoms with E-state index in [1.807, 2.05) is 31.2 Å². The number of carboxylic acid groups (broad SMARTS) is 1. The second-order valence-corrected chi connectivity index (χ2v) is 7.58. The van der Waals surface area contributed by atoms with Gasteiger partial charge in [-0.1, -0.05) is 47.2 Å². The summed E-state index contributed by atoms with van der Waals surface area (Å²) in [6.45, 7) is 2.04. The first-order valence-corrected chi connectivity index (χ1v) is 8.99. The molecule has 0 spiro atoms. The Hall–Kier alpha value is -1.96. The van der Waals surface area contributed by atoms with Crippen LogP contribution in [-0.2, 0) is 9.59 Å². The predicted molar refractivity (Wildman–Crippen MR) is 104 cm³/mol. The first-order valence-electron chi connectivity index (χ1n) is 7.39. The number of halogens is 1. The minimum atomic E-state index is -0.977. The number of thiocarbonyl (C=S) groups is 1. The average Bonchev–Trinajstić information content (AvgIpc) is 2.80. The minimum absolute atomic E-state index is 0.0558. The molecule has 1 fully saturated rings. The molecule has 0 unspecified atom stereocenters. The molecule has 1 saturated heterocycles. The number of benzene rings is 1. The molecule has 5 nitrogen and oxygen atoms in total. The van der Waals surface area contributed by atoms with Crippen LogP contribution in [0.25, 0.3) is 17.0 Å². The van der Waals surface area contributed by atoms with Crippen molar-refractivity contribution < 1.29 is 14.7 Å². The molecule has 0 aliphatic carbocycles. The number of aromatic nitrogens is 1. The molecule has 0 saturated carbocycles. The first-order chi connectivity index (χ1) is 11.8. The lowest BCUT2D eigenvalue weighted by Crippen LogP contribution is -2.30. The van der Waals surface area contributed by atoms with Gasteiger partial charge in [0.1, 0.15) is 9.47 Å². The average molecular weight is 393 g/mol. The second kappa shape index (κ2) is 7.11. The summed E-state index contributed by atoms with van der Waals surface area (Å²) in [5.41, 5.74) is 2.50. The van der Waals surface area contributed by atoms with Crippen LogP contribution in [0.4, 0.5) is 0 Å². The van der Waals surface area contributed by atoms with E-state index in [2.05, 4.69) is 4.98 Å². The Kier molecular flexibility index (Phi) is 5.08. The molecule has 8 heteroatoms. The topological polar surface area (TPSA) is 70.5 Å². The highest BCUT2D eigenvalue weighted by molar-refractivity contribution is 8.26. The van der Waals surface area contributed by atoms with E-state index in [4.69, 9.17) is 28.9 Å². The van der Waals surface area contributed by atoms with Crippen LogP contribution in [0, 0.1) is 6.92 Å². The second-order valence-electron chi connectivity index (χ2n) is 5.54. The van der Waals surface area contributed by atoms with Crippen LogP contribution >= 0.6 is 35.6 Å². The summed E-state index contributed by atoms with van der Waals surface area (Å²) in [6.07, 6.45) is 1.49. The predicted octanol–water partition coefficient (Wildman–Crippen LogP) is 3.87. The van der Waals surface area contributed by atoms with Gasteiger partial charge in [0.2, 0.25) is 0 Å². The minimum Gasteiger partial charge on any atom is -0.481 e. The summed E-state index contributed by atoms with van der Waals surface area (Å²) < 4.78 is 0.346. The zero-order chi connectivity index (χ0) is 18.1. The molecule has 0 radical (unpaired) electrons. The number of nitrogens with zero attached hydrogens (tertiary/aromatic N) is 2. The highest BCUT2D eigenvalue weighted by Crippen LogP contribution is 2.34. The molecule has 1 aromatic carbocycles. The van der Waals surface area contributed by atoms with Gasteiger partial charge in [0, 0.05) is 17.5 Å². The lowest BCUT2D eigenvalue weighted by Gasteiger charge is -2.12. The first kappa shape index (κ1) is 17.8. The largest absolute Gasteiger partial charge is 0.481 e. The molecular weight excluding hydrogens is 380 g/mol. The highest BCUT2D eigenvalue weighted by atomic mass is 35.5. The van der Waals surface area contributed by atoms with Gasteiger partial charge in [0.15, 0.2) is 0 Å². The van der Waals surface area contributed by atoms with Gasteiger partial charge in [0.25, 0.3) is 5.91 Å². The Morgan fingerprint density at radius 3 is 2.92 bits per heavy atom. The monoisotopic (exact) mass is 392 g/mol. The molecule has 25 heavy (non-hydrogen) atoms. The standard InChI is InChI=1S/C17H13ClN2O3S2/c1-9-2-3-12-10(6-9)7-11(15(18)19-12)8-13-16(23)20(17(24)25-13)5-4-14(21)22/h2-3,6-8H,4-5H2,1H3,(H,21,22). The van der Waals surface area contributed by atoms with Crippen LogP contribution in [0.1, 0.15) is 17.5 Å². The molecule has 128 valence electrons. The van der Waals surface area contributed by atoms with E-state index in [-0.39, 0.29) is 18.9 Å². The Morgan fingerprint density at radius 2 is 2.20 bits per heavy atom. The fourth-order valence-corrected chi connectivity index (χ4v) is 3.93. The van der Waals surface area contributed by atoms with Crippen LogP contribution < -0.4 is 0 Å². The summed E-state index contributed by atoms with van der Waals surface area (Å²) in [5.74, 6) is -1.29. The van der Waals surface area contributed by atoms with Crippen molar-refractivity contribution in [2.75, 3.05) is 6.54 Å². The fourth-order valence-electron chi connectivity index (χ4n) is 2.43. The number of hydrogen-bond donors (Lipinski definition) is 1. The number of fused-ring (bicyclic) bond motifs is 1. The maximum Gasteiger partial charge on any atom is 0.305 e. The van der Waals surface area contributed by atoms with Gasteiger partial charge in [-0.15, -0.1) is 0 Å². The number of amides is 1. The van der Waals surface area contributed by atoms with Gasteiger partial charge in [-0.25, -0.2) is 4.98 Å². The van der Waals surface area contributed by atoms with Crippen molar-refractivity contribution in [3.05, 3.63) is 45.5 Å².